The number of methoxy groups -OCH3 is 1. The fourth-order valence-corrected chi connectivity index (χ4v) is 2.17. The zero-order valence-corrected chi connectivity index (χ0v) is 10.5. The third-order valence-electron chi connectivity index (χ3n) is 3.26. The summed E-state index contributed by atoms with van der Waals surface area (Å²) < 4.78 is 10.2. The molecule has 18 heavy (non-hydrogen) atoms. The van der Waals surface area contributed by atoms with Gasteiger partial charge in [-0.25, -0.2) is 9.78 Å². The highest BCUT2D eigenvalue weighted by molar-refractivity contribution is 5.89. The molecule has 0 aliphatic heterocycles. The molecule has 5 nitrogen and oxygen atoms in total. The van der Waals surface area contributed by atoms with Crippen LogP contribution in [-0.2, 0) is 4.74 Å². The summed E-state index contributed by atoms with van der Waals surface area (Å²) in [5.74, 6) is 0.0141. The first kappa shape index (κ1) is 12.8. The zero-order chi connectivity index (χ0) is 13.0. The van der Waals surface area contributed by atoms with Gasteiger partial charge in [-0.2, -0.15) is 0 Å². The van der Waals surface area contributed by atoms with Gasteiger partial charge in [0.05, 0.1) is 18.2 Å². The summed E-state index contributed by atoms with van der Waals surface area (Å²) in [6.07, 6.45) is 5.78. The Morgan fingerprint density at radius 3 is 2.89 bits per heavy atom. The Balaban J connectivity index is 1.99. The number of hydrogen-bond donors (Lipinski definition) is 1. The highest BCUT2D eigenvalue weighted by atomic mass is 16.5. The number of esters is 1. The van der Waals surface area contributed by atoms with E-state index in [-0.39, 0.29) is 5.54 Å². The molecule has 1 fully saturated rings. The molecule has 0 radical (unpaired) electrons. The second-order valence-corrected chi connectivity index (χ2v) is 4.73. The lowest BCUT2D eigenvalue weighted by Crippen LogP contribution is -2.42. The summed E-state index contributed by atoms with van der Waals surface area (Å²) in [5, 5.41) is 0. The maximum atomic E-state index is 11.4. The normalized spacial score (nSPS) is 17.4. The lowest BCUT2D eigenvalue weighted by atomic mass is 10.0. The molecule has 2 N–H and O–H groups in total. The van der Waals surface area contributed by atoms with E-state index in [1.807, 2.05) is 0 Å². The van der Waals surface area contributed by atoms with Crippen LogP contribution in [-0.4, -0.2) is 30.2 Å². The van der Waals surface area contributed by atoms with Crippen LogP contribution in [0.5, 0.6) is 5.88 Å². The number of aromatic nitrogens is 1. The molecule has 1 saturated carbocycles. The van der Waals surface area contributed by atoms with Crippen LogP contribution in [0.4, 0.5) is 0 Å². The lowest BCUT2D eigenvalue weighted by Gasteiger charge is -2.23. The number of carbonyl (C=O) groups excluding carboxylic acids is 1. The Morgan fingerprint density at radius 1 is 1.50 bits per heavy atom. The van der Waals surface area contributed by atoms with Crippen LogP contribution in [0.15, 0.2) is 18.3 Å². The number of carbonyl (C=O) groups is 1. The van der Waals surface area contributed by atoms with E-state index in [1.54, 1.807) is 12.1 Å². The van der Waals surface area contributed by atoms with Crippen molar-refractivity contribution in [3.05, 3.63) is 23.9 Å². The van der Waals surface area contributed by atoms with Gasteiger partial charge in [0.2, 0.25) is 5.88 Å². The molecule has 1 aromatic rings. The zero-order valence-electron chi connectivity index (χ0n) is 10.5. The van der Waals surface area contributed by atoms with Gasteiger partial charge in [-0.15, -0.1) is 0 Å². The number of hydrogen-bond acceptors (Lipinski definition) is 5. The van der Waals surface area contributed by atoms with Crippen LogP contribution in [0.2, 0.25) is 0 Å². The van der Waals surface area contributed by atoms with Crippen LogP contribution >= 0.6 is 0 Å². The van der Waals surface area contributed by atoms with Crippen molar-refractivity contribution < 1.29 is 14.3 Å². The minimum atomic E-state index is -0.398. The molecule has 1 aliphatic carbocycles. The van der Waals surface area contributed by atoms with E-state index in [1.165, 1.54) is 13.3 Å². The third-order valence-corrected chi connectivity index (χ3v) is 3.26. The molecule has 0 unspecified atom stereocenters. The number of nitrogens with zero attached hydrogens (tertiary/aromatic N) is 1. The highest BCUT2D eigenvalue weighted by Crippen LogP contribution is 2.27. The molecular weight excluding hydrogens is 232 g/mol. The van der Waals surface area contributed by atoms with E-state index in [2.05, 4.69) is 9.72 Å². The van der Waals surface area contributed by atoms with Crippen molar-refractivity contribution in [1.29, 1.82) is 0 Å². The molecule has 1 heterocycles. The molecule has 0 bridgehead atoms. The third kappa shape index (κ3) is 2.98. The van der Waals surface area contributed by atoms with Crippen molar-refractivity contribution >= 4 is 5.97 Å². The van der Waals surface area contributed by atoms with Gasteiger partial charge in [-0.05, 0) is 18.9 Å². The maximum Gasteiger partial charge on any atom is 0.338 e. The summed E-state index contributed by atoms with van der Waals surface area (Å²) in [6.45, 7) is 0.435. The van der Waals surface area contributed by atoms with E-state index in [4.69, 9.17) is 10.5 Å². The molecule has 98 valence electrons. The molecule has 2 rings (SSSR count). The topological polar surface area (TPSA) is 74.4 Å². The fourth-order valence-electron chi connectivity index (χ4n) is 2.17. The Morgan fingerprint density at radius 2 is 2.22 bits per heavy atom. The molecule has 0 spiro atoms. The van der Waals surface area contributed by atoms with Crippen molar-refractivity contribution in [1.82, 2.24) is 4.98 Å². The average Bonchev–Trinajstić information content (AvgIpc) is 2.83. The predicted molar refractivity (Wildman–Crippen MR) is 66.5 cm³/mol. The standard InChI is InChI=1S/C13H18N2O3/c1-17-12(16)10-4-7-15-11(8-10)18-9-13(14)5-2-3-6-13/h4,7-8H,2-3,5-6,9,14H2,1H3. The smallest absolute Gasteiger partial charge is 0.338 e. The lowest BCUT2D eigenvalue weighted by molar-refractivity contribution is 0.0600. The largest absolute Gasteiger partial charge is 0.476 e. The van der Waals surface area contributed by atoms with Gasteiger partial charge < -0.3 is 15.2 Å². The number of pyridine rings is 1. The van der Waals surface area contributed by atoms with Crippen molar-refractivity contribution in [2.75, 3.05) is 13.7 Å². The van der Waals surface area contributed by atoms with Crippen LogP contribution in [0, 0.1) is 0 Å². The Kier molecular flexibility index (Phi) is 3.81. The predicted octanol–water partition coefficient (Wildman–Crippen LogP) is 1.52. The molecule has 0 aromatic carbocycles. The van der Waals surface area contributed by atoms with Gasteiger partial charge in [-0.1, -0.05) is 12.8 Å². The SMILES string of the molecule is COC(=O)c1ccnc(OCC2(N)CCCC2)c1. The van der Waals surface area contributed by atoms with E-state index in [9.17, 15) is 4.79 Å². The summed E-state index contributed by atoms with van der Waals surface area (Å²) in [6, 6.07) is 3.16. The summed E-state index contributed by atoms with van der Waals surface area (Å²) >= 11 is 0. The molecule has 0 amide bonds. The fraction of sp³-hybridized carbons (Fsp3) is 0.538. The van der Waals surface area contributed by atoms with Crippen molar-refractivity contribution in [3.8, 4) is 5.88 Å². The second kappa shape index (κ2) is 5.35. The summed E-state index contributed by atoms with van der Waals surface area (Å²) in [4.78, 5) is 15.4. The quantitative estimate of drug-likeness (QED) is 0.820. The van der Waals surface area contributed by atoms with Crippen molar-refractivity contribution in [2.24, 2.45) is 5.73 Å². The summed E-state index contributed by atoms with van der Waals surface area (Å²) in [7, 11) is 1.34. The van der Waals surface area contributed by atoms with Crippen LogP contribution < -0.4 is 10.5 Å². The average molecular weight is 250 g/mol. The molecule has 1 aliphatic rings. The van der Waals surface area contributed by atoms with Gasteiger partial charge >= 0.3 is 5.97 Å². The van der Waals surface area contributed by atoms with Crippen LogP contribution in [0.3, 0.4) is 0 Å². The molecular formula is C13H18N2O3. The van der Waals surface area contributed by atoms with Gasteiger partial charge in [0.25, 0.3) is 0 Å². The second-order valence-electron chi connectivity index (χ2n) is 4.73. The minimum Gasteiger partial charge on any atom is -0.476 e. The minimum absolute atomic E-state index is 0.247. The Hall–Kier alpha value is -1.62. The first-order chi connectivity index (χ1) is 8.63. The first-order valence-electron chi connectivity index (χ1n) is 6.09. The number of ether oxygens (including phenoxy) is 2. The molecule has 5 heteroatoms. The van der Waals surface area contributed by atoms with Crippen molar-refractivity contribution in [2.45, 2.75) is 31.2 Å². The number of nitrogens with two attached hydrogens (primary N) is 1. The van der Waals surface area contributed by atoms with Gasteiger partial charge in [0.15, 0.2) is 0 Å². The Labute approximate surface area is 106 Å². The van der Waals surface area contributed by atoms with E-state index in [0.717, 1.165) is 25.7 Å². The molecule has 1 aromatic heterocycles. The van der Waals surface area contributed by atoms with Crippen molar-refractivity contribution in [3.63, 3.8) is 0 Å². The molecule has 0 atom stereocenters. The van der Waals surface area contributed by atoms with E-state index < -0.39 is 5.97 Å². The van der Waals surface area contributed by atoms with Gasteiger partial charge in [-0.3, -0.25) is 0 Å². The monoisotopic (exact) mass is 250 g/mol. The first-order valence-corrected chi connectivity index (χ1v) is 6.09. The van der Waals surface area contributed by atoms with Gasteiger partial charge in [0.1, 0.15) is 6.61 Å². The molecule has 0 saturated heterocycles. The number of rotatable bonds is 4. The maximum absolute atomic E-state index is 11.4. The highest BCUT2D eigenvalue weighted by Gasteiger charge is 2.30. The Bertz CT molecular complexity index is 428. The van der Waals surface area contributed by atoms with E-state index in [0.29, 0.717) is 18.1 Å². The van der Waals surface area contributed by atoms with Gasteiger partial charge in [0, 0.05) is 12.3 Å². The van der Waals surface area contributed by atoms with Crippen LogP contribution in [0.1, 0.15) is 36.0 Å². The summed E-state index contributed by atoms with van der Waals surface area (Å²) in [5.41, 5.74) is 6.37. The van der Waals surface area contributed by atoms with Crippen LogP contribution in [0.25, 0.3) is 0 Å². The van der Waals surface area contributed by atoms with E-state index >= 15 is 0 Å².